The molecule has 1 fully saturated rings. The van der Waals surface area contributed by atoms with Crippen molar-refractivity contribution in [3.05, 3.63) is 41.8 Å². The van der Waals surface area contributed by atoms with Crippen molar-refractivity contribution >= 4 is 15.9 Å². The summed E-state index contributed by atoms with van der Waals surface area (Å²) >= 11 is 0. The molecule has 7 nitrogen and oxygen atoms in total. The molecule has 1 saturated heterocycles. The fraction of sp³-hybridized carbons (Fsp3) is 0.444. The minimum atomic E-state index is -3.23. The number of nitrogens with zero attached hydrogens (tertiary/aromatic N) is 2. The van der Waals surface area contributed by atoms with Gasteiger partial charge in [-0.1, -0.05) is 18.2 Å². The molecule has 0 bridgehead atoms. The minimum Gasteiger partial charge on any atom is -0.441 e. The van der Waals surface area contributed by atoms with E-state index < -0.39 is 10.0 Å². The maximum absolute atomic E-state index is 12.9. The zero-order valence-electron chi connectivity index (χ0n) is 14.9. The minimum absolute atomic E-state index is 0.100. The summed E-state index contributed by atoms with van der Waals surface area (Å²) in [6, 6.07) is 9.45. The van der Waals surface area contributed by atoms with Crippen molar-refractivity contribution in [3.63, 3.8) is 0 Å². The van der Waals surface area contributed by atoms with Gasteiger partial charge in [0.25, 0.3) is 5.91 Å². The quantitative estimate of drug-likeness (QED) is 0.861. The number of nitrogens with one attached hydrogen (secondary N) is 1. The van der Waals surface area contributed by atoms with E-state index in [-0.39, 0.29) is 11.8 Å². The van der Waals surface area contributed by atoms with E-state index in [1.165, 1.54) is 0 Å². The molecule has 1 aliphatic rings. The number of rotatable bonds is 5. The number of amides is 1. The van der Waals surface area contributed by atoms with Gasteiger partial charge in [0.05, 0.1) is 6.26 Å². The summed E-state index contributed by atoms with van der Waals surface area (Å²) in [4.78, 5) is 19.0. The molecule has 140 valence electrons. The summed E-state index contributed by atoms with van der Waals surface area (Å²) in [5, 5.41) is 0. The summed E-state index contributed by atoms with van der Waals surface area (Å²) in [5.41, 5.74) is 1.14. The Kier molecular flexibility index (Phi) is 5.43. The predicted molar refractivity (Wildman–Crippen MR) is 98.2 cm³/mol. The van der Waals surface area contributed by atoms with Crippen LogP contribution in [0, 0.1) is 12.8 Å². The summed E-state index contributed by atoms with van der Waals surface area (Å²) in [5.74, 6) is 0.852. The summed E-state index contributed by atoms with van der Waals surface area (Å²) < 4.78 is 30.8. The number of benzene rings is 1. The Morgan fingerprint density at radius 3 is 2.77 bits per heavy atom. The van der Waals surface area contributed by atoms with Crippen LogP contribution in [0.15, 0.2) is 34.7 Å². The molecule has 0 unspecified atom stereocenters. The highest BCUT2D eigenvalue weighted by Gasteiger charge is 2.28. The highest BCUT2D eigenvalue weighted by molar-refractivity contribution is 7.88. The fourth-order valence-electron chi connectivity index (χ4n) is 3.13. The molecular weight excluding hydrogens is 354 g/mol. The van der Waals surface area contributed by atoms with Crippen molar-refractivity contribution in [2.75, 3.05) is 25.9 Å². The van der Waals surface area contributed by atoms with Crippen molar-refractivity contribution in [2.24, 2.45) is 5.92 Å². The zero-order chi connectivity index (χ0) is 18.7. The van der Waals surface area contributed by atoms with Crippen LogP contribution < -0.4 is 4.72 Å². The molecule has 1 atom stereocenters. The van der Waals surface area contributed by atoms with Gasteiger partial charge in [0.15, 0.2) is 5.69 Å². The summed E-state index contributed by atoms with van der Waals surface area (Å²) in [7, 11) is -3.23. The lowest BCUT2D eigenvalue weighted by atomic mass is 9.98. The number of hydrogen-bond donors (Lipinski definition) is 1. The first-order valence-corrected chi connectivity index (χ1v) is 10.5. The zero-order valence-corrected chi connectivity index (χ0v) is 15.8. The number of likely N-dealkylation sites (tertiary alicyclic amines) is 1. The maximum Gasteiger partial charge on any atom is 0.276 e. The van der Waals surface area contributed by atoms with Crippen LogP contribution in [-0.2, 0) is 10.0 Å². The number of aryl methyl sites for hydroxylation is 1. The summed E-state index contributed by atoms with van der Waals surface area (Å²) in [6.07, 6.45) is 2.87. The first-order valence-electron chi connectivity index (χ1n) is 8.60. The van der Waals surface area contributed by atoms with E-state index in [0.29, 0.717) is 37.0 Å². The van der Waals surface area contributed by atoms with Crippen LogP contribution in [-0.4, -0.2) is 50.1 Å². The second kappa shape index (κ2) is 7.59. The number of oxazole rings is 1. The smallest absolute Gasteiger partial charge is 0.276 e. The van der Waals surface area contributed by atoms with E-state index in [1.54, 1.807) is 11.8 Å². The van der Waals surface area contributed by atoms with Gasteiger partial charge in [-0.25, -0.2) is 18.1 Å². The number of hydrogen-bond acceptors (Lipinski definition) is 5. The van der Waals surface area contributed by atoms with E-state index in [2.05, 4.69) is 9.71 Å². The van der Waals surface area contributed by atoms with Crippen LogP contribution in [0.25, 0.3) is 11.5 Å². The van der Waals surface area contributed by atoms with Crippen LogP contribution in [0.5, 0.6) is 0 Å². The van der Waals surface area contributed by atoms with Crippen LogP contribution >= 0.6 is 0 Å². The Balaban J connectivity index is 1.72. The van der Waals surface area contributed by atoms with Crippen LogP contribution in [0.2, 0.25) is 0 Å². The molecule has 1 aromatic heterocycles. The topological polar surface area (TPSA) is 92.5 Å². The van der Waals surface area contributed by atoms with E-state index in [0.717, 1.165) is 24.7 Å². The molecule has 1 aliphatic heterocycles. The molecule has 2 aromatic rings. The Bertz CT molecular complexity index is 877. The summed E-state index contributed by atoms with van der Waals surface area (Å²) in [6.45, 7) is 3.23. The van der Waals surface area contributed by atoms with Crippen molar-refractivity contribution in [2.45, 2.75) is 19.8 Å². The molecule has 1 aromatic carbocycles. The van der Waals surface area contributed by atoms with Crippen molar-refractivity contribution in [1.82, 2.24) is 14.6 Å². The van der Waals surface area contributed by atoms with E-state index >= 15 is 0 Å². The molecule has 2 heterocycles. The number of carbonyl (C=O) groups excluding carboxylic acids is 1. The number of sulfonamides is 1. The van der Waals surface area contributed by atoms with E-state index in [4.69, 9.17) is 4.42 Å². The largest absolute Gasteiger partial charge is 0.441 e. The third-order valence-corrected chi connectivity index (χ3v) is 5.15. The third-order valence-electron chi connectivity index (χ3n) is 4.46. The normalized spacial score (nSPS) is 18.1. The van der Waals surface area contributed by atoms with Gasteiger partial charge in [0.1, 0.15) is 5.76 Å². The molecule has 1 amide bonds. The second-order valence-electron chi connectivity index (χ2n) is 6.67. The molecule has 0 spiro atoms. The van der Waals surface area contributed by atoms with Gasteiger partial charge in [0.2, 0.25) is 15.9 Å². The lowest BCUT2D eigenvalue weighted by Crippen LogP contribution is -2.43. The SMILES string of the molecule is Cc1oc(-c2ccccc2)nc1C(=O)N1CCC[C@H](CNS(C)(=O)=O)C1. The molecule has 8 heteroatoms. The Morgan fingerprint density at radius 2 is 2.08 bits per heavy atom. The first kappa shape index (κ1) is 18.6. The number of carbonyl (C=O) groups is 1. The molecular formula is C18H23N3O4S. The number of aromatic nitrogens is 1. The van der Waals surface area contributed by atoms with Crippen LogP contribution in [0.3, 0.4) is 0 Å². The standard InChI is InChI=1S/C18H23N3O4S/c1-13-16(20-17(25-13)15-8-4-3-5-9-15)18(22)21-10-6-7-14(12-21)11-19-26(2,23)24/h3-5,8-9,14,19H,6-7,10-12H2,1-2H3/t14-/m1/s1. The van der Waals surface area contributed by atoms with Crippen LogP contribution in [0.1, 0.15) is 29.1 Å². The highest BCUT2D eigenvalue weighted by Crippen LogP contribution is 2.24. The molecule has 0 aliphatic carbocycles. The monoisotopic (exact) mass is 377 g/mol. The van der Waals surface area contributed by atoms with E-state index in [9.17, 15) is 13.2 Å². The van der Waals surface area contributed by atoms with Crippen molar-refractivity contribution in [3.8, 4) is 11.5 Å². The fourth-order valence-corrected chi connectivity index (χ4v) is 3.67. The molecule has 0 saturated carbocycles. The molecule has 26 heavy (non-hydrogen) atoms. The Hall–Kier alpha value is -2.19. The maximum atomic E-state index is 12.9. The lowest BCUT2D eigenvalue weighted by Gasteiger charge is -2.32. The Morgan fingerprint density at radius 1 is 1.35 bits per heavy atom. The van der Waals surface area contributed by atoms with Gasteiger partial charge in [-0.05, 0) is 37.8 Å². The predicted octanol–water partition coefficient (Wildman–Crippen LogP) is 2.05. The third kappa shape index (κ3) is 4.50. The molecule has 3 rings (SSSR count). The van der Waals surface area contributed by atoms with Crippen molar-refractivity contribution in [1.29, 1.82) is 0 Å². The lowest BCUT2D eigenvalue weighted by molar-refractivity contribution is 0.0669. The first-order chi connectivity index (χ1) is 12.3. The van der Waals surface area contributed by atoms with Gasteiger partial charge < -0.3 is 9.32 Å². The van der Waals surface area contributed by atoms with E-state index in [1.807, 2.05) is 30.3 Å². The van der Waals surface area contributed by atoms with Gasteiger partial charge >= 0.3 is 0 Å². The average molecular weight is 377 g/mol. The highest BCUT2D eigenvalue weighted by atomic mass is 32.2. The average Bonchev–Trinajstić information content (AvgIpc) is 3.01. The number of piperidine rings is 1. The van der Waals surface area contributed by atoms with Crippen LogP contribution in [0.4, 0.5) is 0 Å². The second-order valence-corrected chi connectivity index (χ2v) is 8.50. The van der Waals surface area contributed by atoms with Gasteiger partial charge in [0, 0.05) is 25.2 Å². The van der Waals surface area contributed by atoms with Crippen molar-refractivity contribution < 1.29 is 17.6 Å². The molecule has 1 N–H and O–H groups in total. The van der Waals surface area contributed by atoms with Gasteiger partial charge in [-0.15, -0.1) is 0 Å². The van der Waals surface area contributed by atoms with Gasteiger partial charge in [-0.3, -0.25) is 4.79 Å². The molecule has 0 radical (unpaired) electrons. The Labute approximate surface area is 153 Å². The van der Waals surface area contributed by atoms with Gasteiger partial charge in [-0.2, -0.15) is 0 Å².